The summed E-state index contributed by atoms with van der Waals surface area (Å²) in [5.74, 6) is -0.731. The highest BCUT2D eigenvalue weighted by Gasteiger charge is 2.36. The number of rotatable bonds is 5. The number of esters is 1. The monoisotopic (exact) mass is 404 g/mol. The van der Waals surface area contributed by atoms with E-state index in [2.05, 4.69) is 43.2 Å². The van der Waals surface area contributed by atoms with Gasteiger partial charge in [0.2, 0.25) is 0 Å². The Morgan fingerprint density at radius 2 is 1.70 bits per heavy atom. The van der Waals surface area contributed by atoms with E-state index >= 15 is 0 Å². The molecule has 5 nitrogen and oxygen atoms in total. The van der Waals surface area contributed by atoms with Crippen molar-refractivity contribution in [3.8, 4) is 5.69 Å². The maximum absolute atomic E-state index is 13.1. The van der Waals surface area contributed by atoms with Crippen LogP contribution in [0.1, 0.15) is 35.0 Å². The predicted octanol–water partition coefficient (Wildman–Crippen LogP) is 4.57. The van der Waals surface area contributed by atoms with E-state index in [9.17, 15) is 9.59 Å². The van der Waals surface area contributed by atoms with E-state index < -0.39 is 5.97 Å². The summed E-state index contributed by atoms with van der Waals surface area (Å²) in [6.07, 6.45) is 3.44. The van der Waals surface area contributed by atoms with Crippen molar-refractivity contribution in [3.05, 3.63) is 81.8 Å². The normalized spacial score (nSPS) is 15.3. The first-order chi connectivity index (χ1) is 14.2. The summed E-state index contributed by atoms with van der Waals surface area (Å²) >= 11 is 0. The van der Waals surface area contributed by atoms with Gasteiger partial charge in [-0.2, -0.15) is 0 Å². The van der Waals surface area contributed by atoms with E-state index in [-0.39, 0.29) is 5.91 Å². The molecule has 1 amide bonds. The van der Waals surface area contributed by atoms with Crippen molar-refractivity contribution >= 4 is 18.0 Å². The summed E-state index contributed by atoms with van der Waals surface area (Å²) in [6, 6.07) is 8.45. The number of methoxy groups -OCH3 is 1. The number of amides is 1. The first kappa shape index (κ1) is 21.4. The Bertz CT molecular complexity index is 1100. The van der Waals surface area contributed by atoms with E-state index in [1.54, 1.807) is 24.0 Å². The summed E-state index contributed by atoms with van der Waals surface area (Å²) in [5.41, 5.74) is 7.65. The number of aromatic nitrogens is 1. The summed E-state index contributed by atoms with van der Waals surface area (Å²) < 4.78 is 7.12. The molecule has 1 aliphatic rings. The number of carbonyl (C=O) groups excluding carboxylic acids is 2. The molecular formula is C25H28N2O3. The second-order valence-corrected chi connectivity index (χ2v) is 7.72. The highest BCUT2D eigenvalue weighted by atomic mass is 16.5. The molecule has 5 heteroatoms. The van der Waals surface area contributed by atoms with Gasteiger partial charge in [-0.25, -0.2) is 4.79 Å². The maximum Gasteiger partial charge on any atom is 0.340 e. The molecule has 0 N–H and O–H groups in total. The van der Waals surface area contributed by atoms with Crippen LogP contribution in [0.2, 0.25) is 0 Å². The van der Waals surface area contributed by atoms with Crippen molar-refractivity contribution in [3.63, 3.8) is 0 Å². The van der Waals surface area contributed by atoms with Crippen LogP contribution in [0.5, 0.6) is 0 Å². The molecule has 0 saturated carbocycles. The lowest BCUT2D eigenvalue weighted by molar-refractivity contribution is -0.136. The first-order valence-electron chi connectivity index (χ1n) is 9.91. The Kier molecular flexibility index (Phi) is 5.83. The highest BCUT2D eigenvalue weighted by Crippen LogP contribution is 2.33. The second-order valence-electron chi connectivity index (χ2n) is 7.72. The number of carbonyl (C=O) groups is 2. The van der Waals surface area contributed by atoms with Crippen LogP contribution < -0.4 is 0 Å². The molecule has 0 unspecified atom stereocenters. The number of nitrogens with zero attached hydrogens (tertiary/aromatic N) is 2. The molecule has 1 aromatic heterocycles. The van der Waals surface area contributed by atoms with Crippen molar-refractivity contribution < 1.29 is 14.3 Å². The molecule has 0 aliphatic carbocycles. The number of benzene rings is 1. The molecule has 3 rings (SSSR count). The highest BCUT2D eigenvalue weighted by molar-refractivity contribution is 6.16. The molecular weight excluding hydrogens is 376 g/mol. The lowest BCUT2D eigenvalue weighted by Crippen LogP contribution is -2.25. The number of aryl methyl sites for hydroxylation is 3. The van der Waals surface area contributed by atoms with E-state index in [1.807, 2.05) is 19.9 Å². The van der Waals surface area contributed by atoms with Crippen LogP contribution in [0.15, 0.2) is 53.8 Å². The Balaban J connectivity index is 2.16. The Morgan fingerprint density at radius 1 is 1.07 bits per heavy atom. The van der Waals surface area contributed by atoms with Gasteiger partial charge in [-0.3, -0.25) is 4.79 Å². The minimum atomic E-state index is -0.512. The zero-order valence-electron chi connectivity index (χ0n) is 18.5. The standard InChI is InChI=1S/C25H28N2O3/c1-8-9-26-19(6)23(25(29)30-7)22(24(26)28)14-20-13-17(4)27(18(20)5)21-11-15(2)10-16(3)12-21/h8,10-14H,1,9H2,2-7H3/b22-14-. The van der Waals surface area contributed by atoms with E-state index in [4.69, 9.17) is 4.74 Å². The molecule has 0 saturated heterocycles. The van der Waals surface area contributed by atoms with Crippen molar-refractivity contribution in [2.24, 2.45) is 0 Å². The van der Waals surface area contributed by atoms with Crippen LogP contribution >= 0.6 is 0 Å². The summed E-state index contributed by atoms with van der Waals surface area (Å²) in [5, 5.41) is 0. The Labute approximate surface area is 178 Å². The fourth-order valence-electron chi connectivity index (χ4n) is 4.14. The van der Waals surface area contributed by atoms with Gasteiger partial charge in [0, 0.05) is 29.3 Å². The summed E-state index contributed by atoms with van der Waals surface area (Å²) in [6.45, 7) is 14.0. The predicted molar refractivity (Wildman–Crippen MR) is 119 cm³/mol. The lowest BCUT2D eigenvalue weighted by Gasteiger charge is -2.14. The van der Waals surface area contributed by atoms with Gasteiger partial charge in [0.05, 0.1) is 18.3 Å². The molecule has 0 radical (unpaired) electrons. The van der Waals surface area contributed by atoms with Gasteiger partial charge >= 0.3 is 5.97 Å². The average molecular weight is 405 g/mol. The van der Waals surface area contributed by atoms with Gasteiger partial charge in [0.25, 0.3) is 5.91 Å². The SMILES string of the molecule is C=CCN1C(=O)/C(=C\c2cc(C)n(-c3cc(C)cc(C)c3)c2C)C(C(=O)OC)=C1C. The van der Waals surface area contributed by atoms with Crippen LogP contribution in [0.25, 0.3) is 11.8 Å². The molecule has 0 spiro atoms. The quantitative estimate of drug-likeness (QED) is 0.417. The largest absolute Gasteiger partial charge is 0.465 e. The zero-order valence-corrected chi connectivity index (χ0v) is 18.5. The van der Waals surface area contributed by atoms with Gasteiger partial charge in [-0.15, -0.1) is 6.58 Å². The van der Waals surface area contributed by atoms with Gasteiger partial charge in [0.1, 0.15) is 0 Å². The number of hydrogen-bond donors (Lipinski definition) is 0. The molecule has 2 aromatic rings. The average Bonchev–Trinajstić information content (AvgIpc) is 3.08. The first-order valence-corrected chi connectivity index (χ1v) is 9.91. The van der Waals surface area contributed by atoms with E-state index in [0.717, 1.165) is 22.6 Å². The summed E-state index contributed by atoms with van der Waals surface area (Å²) in [7, 11) is 1.33. The molecule has 156 valence electrons. The fraction of sp³-hybridized carbons (Fsp3) is 0.280. The third-order valence-corrected chi connectivity index (χ3v) is 5.45. The zero-order chi connectivity index (χ0) is 22.2. The van der Waals surface area contributed by atoms with E-state index in [0.29, 0.717) is 23.4 Å². The van der Waals surface area contributed by atoms with Crippen molar-refractivity contribution in [1.29, 1.82) is 0 Å². The maximum atomic E-state index is 13.1. The van der Waals surface area contributed by atoms with Crippen LogP contribution in [-0.4, -0.2) is 35.0 Å². The molecule has 1 aliphatic heterocycles. The molecule has 30 heavy (non-hydrogen) atoms. The molecule has 0 fully saturated rings. The topological polar surface area (TPSA) is 51.5 Å². The van der Waals surface area contributed by atoms with Gasteiger partial charge < -0.3 is 14.2 Å². The van der Waals surface area contributed by atoms with Gasteiger partial charge in [0.15, 0.2) is 0 Å². The second kappa shape index (κ2) is 8.19. The van der Waals surface area contributed by atoms with Crippen molar-refractivity contribution in [2.75, 3.05) is 13.7 Å². The lowest BCUT2D eigenvalue weighted by atomic mass is 10.0. The molecule has 0 bridgehead atoms. The third-order valence-electron chi connectivity index (χ3n) is 5.45. The number of ether oxygens (including phenoxy) is 1. The van der Waals surface area contributed by atoms with Crippen LogP contribution in [-0.2, 0) is 14.3 Å². The van der Waals surface area contributed by atoms with Gasteiger partial charge in [-0.05, 0) is 75.6 Å². The fourth-order valence-corrected chi connectivity index (χ4v) is 4.14. The molecule has 1 aromatic carbocycles. The smallest absolute Gasteiger partial charge is 0.340 e. The minimum absolute atomic E-state index is 0.219. The van der Waals surface area contributed by atoms with Crippen molar-refractivity contribution in [2.45, 2.75) is 34.6 Å². The van der Waals surface area contributed by atoms with Crippen LogP contribution in [0, 0.1) is 27.7 Å². The van der Waals surface area contributed by atoms with Crippen LogP contribution in [0.4, 0.5) is 0 Å². The number of allylic oxidation sites excluding steroid dienone is 1. The Morgan fingerprint density at radius 3 is 2.27 bits per heavy atom. The minimum Gasteiger partial charge on any atom is -0.465 e. The number of hydrogen-bond acceptors (Lipinski definition) is 3. The third kappa shape index (κ3) is 3.63. The molecule has 2 heterocycles. The van der Waals surface area contributed by atoms with Crippen LogP contribution in [0.3, 0.4) is 0 Å². The molecule has 0 atom stereocenters. The van der Waals surface area contributed by atoms with Crippen molar-refractivity contribution in [1.82, 2.24) is 9.47 Å². The van der Waals surface area contributed by atoms with E-state index in [1.165, 1.54) is 18.2 Å². The Hall–Kier alpha value is -3.34. The van der Waals surface area contributed by atoms with Gasteiger partial charge in [-0.1, -0.05) is 12.1 Å². The summed E-state index contributed by atoms with van der Waals surface area (Å²) in [4.78, 5) is 27.0.